The minimum absolute atomic E-state index is 0.186. The van der Waals surface area contributed by atoms with Crippen molar-refractivity contribution in [3.05, 3.63) is 35.6 Å². The molecular formula is C14H19FN2O2. The highest BCUT2D eigenvalue weighted by Gasteiger charge is 2.29. The van der Waals surface area contributed by atoms with Gasteiger partial charge in [0.1, 0.15) is 11.9 Å². The Balaban J connectivity index is 2.13. The number of nitrogens with zero attached hydrogens (tertiary/aromatic N) is 1. The summed E-state index contributed by atoms with van der Waals surface area (Å²) in [6.45, 7) is 1.62. The lowest BCUT2D eigenvalue weighted by Gasteiger charge is -2.35. The van der Waals surface area contributed by atoms with Gasteiger partial charge in [0.25, 0.3) is 0 Å². The zero-order valence-corrected chi connectivity index (χ0v) is 10.8. The van der Waals surface area contributed by atoms with Crippen LogP contribution in [0.5, 0.6) is 0 Å². The van der Waals surface area contributed by atoms with E-state index in [0.717, 1.165) is 31.5 Å². The number of hydrogen-bond acceptors (Lipinski definition) is 3. The summed E-state index contributed by atoms with van der Waals surface area (Å²) in [5.74, 6) is -0.446. The third-order valence-electron chi connectivity index (χ3n) is 3.73. The van der Waals surface area contributed by atoms with Crippen molar-refractivity contribution in [1.29, 1.82) is 0 Å². The first kappa shape index (κ1) is 14.0. The number of piperidine rings is 1. The van der Waals surface area contributed by atoms with Gasteiger partial charge in [0.15, 0.2) is 0 Å². The van der Waals surface area contributed by atoms with Crippen LogP contribution in [0.1, 0.15) is 24.4 Å². The monoisotopic (exact) mass is 266 g/mol. The molecule has 19 heavy (non-hydrogen) atoms. The lowest BCUT2D eigenvalue weighted by Crippen LogP contribution is -2.43. The molecule has 5 heteroatoms. The fraction of sp³-hybridized carbons (Fsp3) is 0.500. The Kier molecular flexibility index (Phi) is 4.50. The average Bonchev–Trinajstić information content (AvgIpc) is 2.42. The van der Waals surface area contributed by atoms with E-state index in [9.17, 15) is 9.18 Å². The molecule has 0 spiro atoms. The molecule has 1 amide bonds. The molecule has 1 aromatic carbocycles. The standard InChI is InChI=1S/C14H19FN2O2/c15-12-3-1-11(2-4-12)13(14(16)19)17-7-5-10(9-18)6-8-17/h1-4,10,13,18H,5-9H2,(H2,16,19). The van der Waals surface area contributed by atoms with Crippen LogP contribution in [-0.2, 0) is 4.79 Å². The number of halogens is 1. The molecule has 1 fully saturated rings. The molecule has 0 bridgehead atoms. The Morgan fingerprint density at radius 3 is 2.42 bits per heavy atom. The number of aliphatic hydroxyl groups is 1. The summed E-state index contributed by atoms with van der Waals surface area (Å²) in [5.41, 5.74) is 6.20. The average molecular weight is 266 g/mol. The van der Waals surface area contributed by atoms with E-state index in [1.54, 1.807) is 12.1 Å². The van der Waals surface area contributed by atoms with E-state index in [-0.39, 0.29) is 12.4 Å². The van der Waals surface area contributed by atoms with Gasteiger partial charge < -0.3 is 10.8 Å². The number of nitrogens with two attached hydrogens (primary N) is 1. The number of primary amides is 1. The fourth-order valence-corrected chi connectivity index (χ4v) is 2.59. The van der Waals surface area contributed by atoms with Gasteiger partial charge in [-0.1, -0.05) is 12.1 Å². The van der Waals surface area contributed by atoms with Crippen molar-refractivity contribution in [2.24, 2.45) is 11.7 Å². The lowest BCUT2D eigenvalue weighted by molar-refractivity contribution is -0.124. The molecule has 1 atom stereocenters. The van der Waals surface area contributed by atoms with Crippen molar-refractivity contribution < 1.29 is 14.3 Å². The first-order chi connectivity index (χ1) is 9.11. The Bertz CT molecular complexity index is 428. The Morgan fingerprint density at radius 1 is 1.37 bits per heavy atom. The van der Waals surface area contributed by atoms with Crippen molar-refractivity contribution in [2.45, 2.75) is 18.9 Å². The minimum atomic E-state index is -0.514. The van der Waals surface area contributed by atoms with Crippen molar-refractivity contribution in [1.82, 2.24) is 4.90 Å². The van der Waals surface area contributed by atoms with Crippen LogP contribution in [-0.4, -0.2) is 35.6 Å². The molecule has 0 aromatic heterocycles. The van der Waals surface area contributed by atoms with E-state index in [2.05, 4.69) is 0 Å². The maximum absolute atomic E-state index is 12.9. The highest BCUT2D eigenvalue weighted by atomic mass is 19.1. The molecule has 1 heterocycles. The van der Waals surface area contributed by atoms with Crippen molar-refractivity contribution in [2.75, 3.05) is 19.7 Å². The van der Waals surface area contributed by atoms with Gasteiger partial charge in [-0.05, 0) is 49.5 Å². The molecule has 3 N–H and O–H groups in total. The third kappa shape index (κ3) is 3.30. The van der Waals surface area contributed by atoms with Crippen LogP contribution in [0.4, 0.5) is 4.39 Å². The van der Waals surface area contributed by atoms with E-state index < -0.39 is 11.9 Å². The number of benzene rings is 1. The zero-order valence-electron chi connectivity index (χ0n) is 10.8. The van der Waals surface area contributed by atoms with E-state index >= 15 is 0 Å². The van der Waals surface area contributed by atoms with Gasteiger partial charge in [0.05, 0.1) is 0 Å². The van der Waals surface area contributed by atoms with Crippen LogP contribution in [0, 0.1) is 11.7 Å². The van der Waals surface area contributed by atoms with E-state index in [4.69, 9.17) is 10.8 Å². The molecule has 1 aromatic rings. The maximum Gasteiger partial charge on any atom is 0.239 e. The normalized spacial score (nSPS) is 19.3. The largest absolute Gasteiger partial charge is 0.396 e. The number of carbonyl (C=O) groups excluding carboxylic acids is 1. The maximum atomic E-state index is 12.9. The first-order valence-corrected chi connectivity index (χ1v) is 6.51. The highest BCUT2D eigenvalue weighted by molar-refractivity contribution is 5.81. The topological polar surface area (TPSA) is 66.6 Å². The SMILES string of the molecule is NC(=O)C(c1ccc(F)cc1)N1CCC(CO)CC1. The predicted molar refractivity (Wildman–Crippen MR) is 69.7 cm³/mol. The summed E-state index contributed by atoms with van der Waals surface area (Å²) in [4.78, 5) is 13.7. The molecule has 1 aliphatic heterocycles. The highest BCUT2D eigenvalue weighted by Crippen LogP contribution is 2.26. The molecule has 0 saturated carbocycles. The van der Waals surface area contributed by atoms with Crippen LogP contribution >= 0.6 is 0 Å². The van der Waals surface area contributed by atoms with Gasteiger partial charge in [0.2, 0.25) is 5.91 Å². The zero-order chi connectivity index (χ0) is 13.8. The van der Waals surface area contributed by atoms with Crippen molar-refractivity contribution in [3.8, 4) is 0 Å². The molecule has 2 rings (SSSR count). The summed E-state index contributed by atoms with van der Waals surface area (Å²) in [6, 6.07) is 5.36. The van der Waals surface area contributed by atoms with Gasteiger partial charge >= 0.3 is 0 Å². The summed E-state index contributed by atoms with van der Waals surface area (Å²) in [5, 5.41) is 9.12. The second kappa shape index (κ2) is 6.12. The molecular weight excluding hydrogens is 247 g/mol. The fourth-order valence-electron chi connectivity index (χ4n) is 2.59. The smallest absolute Gasteiger partial charge is 0.239 e. The van der Waals surface area contributed by atoms with Crippen LogP contribution in [0.3, 0.4) is 0 Å². The summed E-state index contributed by atoms with van der Waals surface area (Å²) >= 11 is 0. The lowest BCUT2D eigenvalue weighted by atomic mass is 9.94. The van der Waals surface area contributed by atoms with Crippen LogP contribution in [0.15, 0.2) is 24.3 Å². The molecule has 4 nitrogen and oxygen atoms in total. The number of amides is 1. The second-order valence-corrected chi connectivity index (χ2v) is 5.02. The molecule has 0 radical (unpaired) electrons. The first-order valence-electron chi connectivity index (χ1n) is 6.51. The molecule has 0 aliphatic carbocycles. The van der Waals surface area contributed by atoms with Gasteiger partial charge in [-0.25, -0.2) is 4.39 Å². The van der Waals surface area contributed by atoms with Crippen LogP contribution < -0.4 is 5.73 Å². The van der Waals surface area contributed by atoms with Crippen LogP contribution in [0.25, 0.3) is 0 Å². The predicted octanol–water partition coefficient (Wildman–Crippen LogP) is 1.06. The van der Waals surface area contributed by atoms with Crippen molar-refractivity contribution >= 4 is 5.91 Å². The van der Waals surface area contributed by atoms with Gasteiger partial charge in [-0.3, -0.25) is 9.69 Å². The Hall–Kier alpha value is -1.46. The van der Waals surface area contributed by atoms with E-state index in [1.165, 1.54) is 12.1 Å². The number of aliphatic hydroxyl groups excluding tert-OH is 1. The van der Waals surface area contributed by atoms with E-state index in [1.807, 2.05) is 4.90 Å². The molecule has 1 unspecified atom stereocenters. The third-order valence-corrected chi connectivity index (χ3v) is 3.73. The molecule has 1 saturated heterocycles. The number of likely N-dealkylation sites (tertiary alicyclic amines) is 1. The summed E-state index contributed by atoms with van der Waals surface area (Å²) in [7, 11) is 0. The quantitative estimate of drug-likeness (QED) is 0.856. The molecule has 104 valence electrons. The number of hydrogen-bond donors (Lipinski definition) is 2. The summed E-state index contributed by atoms with van der Waals surface area (Å²) in [6.07, 6.45) is 1.70. The number of carbonyl (C=O) groups is 1. The van der Waals surface area contributed by atoms with Crippen LogP contribution in [0.2, 0.25) is 0 Å². The molecule has 1 aliphatic rings. The van der Waals surface area contributed by atoms with Gasteiger partial charge in [0, 0.05) is 6.61 Å². The minimum Gasteiger partial charge on any atom is -0.396 e. The van der Waals surface area contributed by atoms with E-state index in [0.29, 0.717) is 5.92 Å². The van der Waals surface area contributed by atoms with Gasteiger partial charge in [-0.2, -0.15) is 0 Å². The van der Waals surface area contributed by atoms with Crippen molar-refractivity contribution in [3.63, 3.8) is 0 Å². The van der Waals surface area contributed by atoms with Gasteiger partial charge in [-0.15, -0.1) is 0 Å². The Morgan fingerprint density at radius 2 is 1.95 bits per heavy atom. The summed E-state index contributed by atoms with van der Waals surface area (Å²) < 4.78 is 12.9. The number of rotatable bonds is 4. The second-order valence-electron chi connectivity index (χ2n) is 5.02. The Labute approximate surface area is 112 Å².